The molecule has 1 saturated heterocycles. The molecule has 1 heterocycles. The van der Waals surface area contributed by atoms with Crippen LogP contribution >= 0.6 is 0 Å². The van der Waals surface area contributed by atoms with Crippen LogP contribution in [0, 0.1) is 5.92 Å². The van der Waals surface area contributed by atoms with Crippen molar-refractivity contribution in [2.75, 3.05) is 45.8 Å². The second kappa shape index (κ2) is 11.8. The van der Waals surface area contributed by atoms with Crippen molar-refractivity contribution < 1.29 is 37.0 Å². The van der Waals surface area contributed by atoms with E-state index in [9.17, 15) is 22.8 Å². The summed E-state index contributed by atoms with van der Waals surface area (Å²) in [5.74, 6) is 0.337. The average molecular weight is 495 g/mol. The molecule has 3 amide bonds. The summed E-state index contributed by atoms with van der Waals surface area (Å²) in [4.78, 5) is 27.2. The van der Waals surface area contributed by atoms with Crippen molar-refractivity contribution in [2.24, 2.45) is 5.92 Å². The molecule has 0 aromatic heterocycles. The van der Waals surface area contributed by atoms with Crippen molar-refractivity contribution in [3.8, 4) is 17.2 Å². The third kappa shape index (κ3) is 6.78. The summed E-state index contributed by atoms with van der Waals surface area (Å²) < 4.78 is 55.6. The van der Waals surface area contributed by atoms with Crippen LogP contribution in [0.2, 0.25) is 0 Å². The minimum atomic E-state index is -4.56. The lowest BCUT2D eigenvalue weighted by Gasteiger charge is -2.28. The van der Waals surface area contributed by atoms with Gasteiger partial charge >= 0.3 is 12.2 Å². The maximum atomic E-state index is 13.2. The zero-order valence-electron chi connectivity index (χ0n) is 19.5. The standard InChI is InChI=1S/C24H28F3N3O5/c1-33-19-7-4-8-20(34-2)21(19)35-14-13-30(22(31)16-9-11-28-12-10-16)23(32)29-18-6-3-5-17(15-18)24(25,26)27/h3-8,15-16,28H,9-14H2,1-2H3,(H,29,32). The molecule has 1 fully saturated rings. The molecular weight excluding hydrogens is 467 g/mol. The molecule has 0 radical (unpaired) electrons. The molecule has 2 aromatic rings. The van der Waals surface area contributed by atoms with Crippen LogP contribution in [0.5, 0.6) is 17.2 Å². The highest BCUT2D eigenvalue weighted by Gasteiger charge is 2.32. The van der Waals surface area contributed by atoms with Crippen LogP contribution in [-0.2, 0) is 11.0 Å². The van der Waals surface area contributed by atoms with Crippen LogP contribution in [0.3, 0.4) is 0 Å². The van der Waals surface area contributed by atoms with Crippen LogP contribution in [-0.4, -0.2) is 57.3 Å². The molecule has 1 aliphatic heterocycles. The Kier molecular flexibility index (Phi) is 8.80. The number of piperidine rings is 1. The Morgan fingerprint density at radius 3 is 2.29 bits per heavy atom. The number of urea groups is 1. The number of carbonyl (C=O) groups excluding carboxylic acids is 2. The smallest absolute Gasteiger partial charge is 0.416 e. The number of carbonyl (C=O) groups is 2. The number of amides is 3. The van der Waals surface area contributed by atoms with Gasteiger partial charge in [-0.1, -0.05) is 12.1 Å². The SMILES string of the molecule is COc1cccc(OC)c1OCCN(C(=O)Nc1cccc(C(F)(F)F)c1)C(=O)C1CCNCC1. The van der Waals surface area contributed by atoms with Gasteiger partial charge in [-0.15, -0.1) is 0 Å². The Balaban J connectivity index is 1.77. The van der Waals surface area contributed by atoms with E-state index in [0.717, 1.165) is 17.0 Å². The number of anilines is 1. The van der Waals surface area contributed by atoms with Crippen LogP contribution in [0.25, 0.3) is 0 Å². The monoisotopic (exact) mass is 495 g/mol. The molecule has 0 atom stereocenters. The quantitative estimate of drug-likeness (QED) is 0.572. The van der Waals surface area contributed by atoms with Crippen molar-refractivity contribution in [1.82, 2.24) is 10.2 Å². The molecule has 190 valence electrons. The number of halogens is 3. The molecule has 0 saturated carbocycles. The summed E-state index contributed by atoms with van der Waals surface area (Å²) in [5.41, 5.74) is -0.974. The lowest BCUT2D eigenvalue weighted by molar-refractivity contribution is -0.137. The first kappa shape index (κ1) is 26.1. The van der Waals surface area contributed by atoms with E-state index in [1.165, 1.54) is 26.4 Å². The Hall–Kier alpha value is -3.47. The van der Waals surface area contributed by atoms with E-state index in [4.69, 9.17) is 14.2 Å². The van der Waals surface area contributed by atoms with Gasteiger partial charge in [-0.25, -0.2) is 4.79 Å². The number of methoxy groups -OCH3 is 2. The van der Waals surface area contributed by atoms with Gasteiger partial charge in [0.15, 0.2) is 11.5 Å². The molecular formula is C24H28F3N3O5. The van der Waals surface area contributed by atoms with Gasteiger partial charge in [0.2, 0.25) is 11.7 Å². The van der Waals surface area contributed by atoms with Gasteiger partial charge in [0.25, 0.3) is 0 Å². The Bertz CT molecular complexity index is 1000. The summed E-state index contributed by atoms with van der Waals surface area (Å²) >= 11 is 0. The summed E-state index contributed by atoms with van der Waals surface area (Å²) in [5, 5.41) is 5.57. The predicted octanol–water partition coefficient (Wildman–Crippen LogP) is 4.16. The first-order chi connectivity index (χ1) is 16.7. The molecule has 11 heteroatoms. The van der Waals surface area contributed by atoms with E-state index in [-0.39, 0.29) is 24.8 Å². The van der Waals surface area contributed by atoms with Crippen molar-refractivity contribution >= 4 is 17.6 Å². The van der Waals surface area contributed by atoms with E-state index in [1.54, 1.807) is 18.2 Å². The van der Waals surface area contributed by atoms with Crippen molar-refractivity contribution in [1.29, 1.82) is 0 Å². The molecule has 3 rings (SSSR count). The molecule has 0 spiro atoms. The molecule has 2 N–H and O–H groups in total. The molecule has 0 bridgehead atoms. The number of rotatable bonds is 8. The number of benzene rings is 2. The number of hydrogen-bond donors (Lipinski definition) is 2. The fourth-order valence-electron chi connectivity index (χ4n) is 3.76. The molecule has 2 aromatic carbocycles. The number of imide groups is 1. The Labute approximate surface area is 201 Å². The van der Waals surface area contributed by atoms with Crippen LogP contribution in [0.15, 0.2) is 42.5 Å². The van der Waals surface area contributed by atoms with Crippen LogP contribution in [0.4, 0.5) is 23.7 Å². The first-order valence-corrected chi connectivity index (χ1v) is 11.1. The third-order valence-corrected chi connectivity index (χ3v) is 5.58. The van der Waals surface area contributed by atoms with E-state index in [0.29, 0.717) is 43.2 Å². The molecule has 1 aliphatic rings. The van der Waals surface area contributed by atoms with Crippen LogP contribution in [0.1, 0.15) is 18.4 Å². The number of nitrogens with one attached hydrogen (secondary N) is 2. The van der Waals surface area contributed by atoms with Crippen molar-refractivity contribution in [2.45, 2.75) is 19.0 Å². The first-order valence-electron chi connectivity index (χ1n) is 11.1. The fraction of sp³-hybridized carbons (Fsp3) is 0.417. The van der Waals surface area contributed by atoms with Crippen molar-refractivity contribution in [3.63, 3.8) is 0 Å². The predicted molar refractivity (Wildman–Crippen MR) is 123 cm³/mol. The van der Waals surface area contributed by atoms with Crippen LogP contribution < -0.4 is 24.8 Å². The van der Waals surface area contributed by atoms with Gasteiger partial charge < -0.3 is 24.8 Å². The zero-order valence-corrected chi connectivity index (χ0v) is 19.5. The minimum Gasteiger partial charge on any atom is -0.493 e. The van der Waals surface area contributed by atoms with Gasteiger partial charge in [-0.05, 0) is 56.3 Å². The molecule has 35 heavy (non-hydrogen) atoms. The lowest BCUT2D eigenvalue weighted by Crippen LogP contribution is -2.47. The normalized spacial score (nSPS) is 14.2. The fourth-order valence-corrected chi connectivity index (χ4v) is 3.76. The van der Waals surface area contributed by atoms with E-state index in [1.807, 2.05) is 0 Å². The lowest BCUT2D eigenvalue weighted by atomic mass is 9.96. The van der Waals surface area contributed by atoms with Gasteiger partial charge in [-0.3, -0.25) is 9.69 Å². The van der Waals surface area contributed by atoms with Gasteiger partial charge in [-0.2, -0.15) is 13.2 Å². The highest BCUT2D eigenvalue weighted by Crippen LogP contribution is 2.36. The number of alkyl halides is 3. The Morgan fingerprint density at radius 1 is 1.06 bits per heavy atom. The van der Waals surface area contributed by atoms with Gasteiger partial charge in [0.05, 0.1) is 26.3 Å². The van der Waals surface area contributed by atoms with E-state index in [2.05, 4.69) is 10.6 Å². The summed E-state index contributed by atoms with van der Waals surface area (Å²) in [7, 11) is 2.94. The maximum Gasteiger partial charge on any atom is 0.416 e. The molecule has 0 unspecified atom stereocenters. The topological polar surface area (TPSA) is 89.1 Å². The number of hydrogen-bond acceptors (Lipinski definition) is 6. The number of nitrogens with zero attached hydrogens (tertiary/aromatic N) is 1. The number of para-hydroxylation sites is 1. The average Bonchev–Trinajstić information content (AvgIpc) is 2.86. The third-order valence-electron chi connectivity index (χ3n) is 5.58. The molecule has 0 aliphatic carbocycles. The Morgan fingerprint density at radius 2 is 1.69 bits per heavy atom. The van der Waals surface area contributed by atoms with Crippen molar-refractivity contribution in [3.05, 3.63) is 48.0 Å². The maximum absolute atomic E-state index is 13.2. The summed E-state index contributed by atoms with van der Waals surface area (Å²) in [6.45, 7) is 1.06. The summed E-state index contributed by atoms with van der Waals surface area (Å²) in [6, 6.07) is 8.49. The number of ether oxygens (including phenoxy) is 3. The highest BCUT2D eigenvalue weighted by molar-refractivity contribution is 6.02. The minimum absolute atomic E-state index is 0.0692. The summed E-state index contributed by atoms with van der Waals surface area (Å²) in [6.07, 6.45) is -3.46. The second-order valence-corrected chi connectivity index (χ2v) is 7.86. The van der Waals surface area contributed by atoms with E-state index >= 15 is 0 Å². The second-order valence-electron chi connectivity index (χ2n) is 7.86. The van der Waals surface area contributed by atoms with Gasteiger partial charge in [0.1, 0.15) is 6.61 Å². The molecule has 8 nitrogen and oxygen atoms in total. The van der Waals surface area contributed by atoms with E-state index < -0.39 is 23.7 Å². The van der Waals surface area contributed by atoms with Gasteiger partial charge in [0, 0.05) is 11.6 Å². The largest absolute Gasteiger partial charge is 0.493 e. The zero-order chi connectivity index (χ0) is 25.4. The highest BCUT2D eigenvalue weighted by atomic mass is 19.4.